The van der Waals surface area contributed by atoms with E-state index in [1.165, 1.54) is 0 Å². The quantitative estimate of drug-likeness (QED) is 0.737. The number of hydrogen-bond donors (Lipinski definition) is 0. The maximum absolute atomic E-state index is 12.8. The summed E-state index contributed by atoms with van der Waals surface area (Å²) in [6.45, 7) is 4.42. The molecule has 0 aromatic heterocycles. The van der Waals surface area contributed by atoms with Crippen molar-refractivity contribution in [1.29, 1.82) is 0 Å². The van der Waals surface area contributed by atoms with E-state index in [0.29, 0.717) is 13.2 Å². The van der Waals surface area contributed by atoms with Gasteiger partial charge in [-0.2, -0.15) is 0 Å². The summed E-state index contributed by atoms with van der Waals surface area (Å²) >= 11 is 0. The van der Waals surface area contributed by atoms with E-state index in [2.05, 4.69) is 4.99 Å². The normalized spacial score (nSPS) is 19.7. The molecule has 0 amide bonds. The number of rotatable bonds is 6. The minimum absolute atomic E-state index is 0.369. The van der Waals surface area contributed by atoms with E-state index in [9.17, 15) is 4.57 Å². The van der Waals surface area contributed by atoms with Crippen molar-refractivity contribution in [2.45, 2.75) is 38.9 Å². The first-order valence-electron chi connectivity index (χ1n) is 7.20. The van der Waals surface area contributed by atoms with E-state index in [-0.39, 0.29) is 5.78 Å². The standard InChI is InChI=1S/C15H22NO3P/c1-3-18-20(17,19-4-2)15-12-8-11-14(16-15)13-9-6-5-7-10-13/h5-7,9-10,15H,3-4,8,11-12H2,1-2H3/t15-/m1/s1. The van der Waals surface area contributed by atoms with Gasteiger partial charge in [0, 0.05) is 5.71 Å². The molecular formula is C15H22NO3P. The summed E-state index contributed by atoms with van der Waals surface area (Å²) in [4.78, 5) is 4.66. The molecule has 0 saturated carbocycles. The van der Waals surface area contributed by atoms with Crippen molar-refractivity contribution in [3.05, 3.63) is 35.9 Å². The molecule has 20 heavy (non-hydrogen) atoms. The Morgan fingerprint density at radius 2 is 1.85 bits per heavy atom. The lowest BCUT2D eigenvalue weighted by Gasteiger charge is -2.27. The van der Waals surface area contributed by atoms with Gasteiger partial charge in [0.25, 0.3) is 0 Å². The third-order valence-electron chi connectivity index (χ3n) is 3.27. The molecule has 0 spiro atoms. The number of hydrogen-bond acceptors (Lipinski definition) is 4. The lowest BCUT2D eigenvalue weighted by Crippen LogP contribution is -2.19. The summed E-state index contributed by atoms with van der Waals surface area (Å²) in [5.41, 5.74) is 2.10. The molecule has 1 aromatic carbocycles. The van der Waals surface area contributed by atoms with Crippen LogP contribution in [0.5, 0.6) is 0 Å². The fourth-order valence-corrected chi connectivity index (χ4v) is 4.33. The molecule has 0 radical (unpaired) electrons. The van der Waals surface area contributed by atoms with Gasteiger partial charge in [0.05, 0.1) is 13.2 Å². The summed E-state index contributed by atoms with van der Waals surface area (Å²) in [6.07, 6.45) is 2.63. The lowest BCUT2D eigenvalue weighted by atomic mass is 10.0. The molecule has 1 aliphatic rings. The fourth-order valence-electron chi connectivity index (χ4n) is 2.41. The summed E-state index contributed by atoms with van der Waals surface area (Å²) in [6, 6.07) is 10.0. The Morgan fingerprint density at radius 1 is 1.20 bits per heavy atom. The summed E-state index contributed by atoms with van der Waals surface area (Å²) < 4.78 is 23.6. The molecule has 110 valence electrons. The van der Waals surface area contributed by atoms with Crippen LogP contribution in [-0.2, 0) is 13.6 Å². The monoisotopic (exact) mass is 295 g/mol. The van der Waals surface area contributed by atoms with Gasteiger partial charge in [0.1, 0.15) is 0 Å². The van der Waals surface area contributed by atoms with Crippen LogP contribution in [0.25, 0.3) is 0 Å². The van der Waals surface area contributed by atoms with E-state index >= 15 is 0 Å². The van der Waals surface area contributed by atoms with Crippen molar-refractivity contribution in [2.75, 3.05) is 13.2 Å². The number of nitrogens with zero attached hydrogens (tertiary/aromatic N) is 1. The molecule has 5 heteroatoms. The Morgan fingerprint density at radius 3 is 2.45 bits per heavy atom. The maximum Gasteiger partial charge on any atom is 0.354 e. The molecule has 0 aliphatic carbocycles. The average molecular weight is 295 g/mol. The van der Waals surface area contributed by atoms with Gasteiger partial charge in [-0.15, -0.1) is 0 Å². The molecule has 0 fully saturated rings. The fraction of sp³-hybridized carbons (Fsp3) is 0.533. The first kappa shape index (κ1) is 15.4. The van der Waals surface area contributed by atoms with Crippen LogP contribution in [-0.4, -0.2) is 24.7 Å². The third-order valence-corrected chi connectivity index (χ3v) is 5.61. The molecule has 1 heterocycles. The molecule has 0 unspecified atom stereocenters. The molecule has 1 atom stereocenters. The van der Waals surface area contributed by atoms with E-state index in [1.807, 2.05) is 44.2 Å². The second-order valence-corrected chi connectivity index (χ2v) is 6.88. The predicted molar refractivity (Wildman–Crippen MR) is 81.5 cm³/mol. The van der Waals surface area contributed by atoms with Crippen LogP contribution in [0, 0.1) is 0 Å². The Kier molecular flexibility index (Phi) is 5.53. The molecule has 2 rings (SSSR count). The van der Waals surface area contributed by atoms with Crippen LogP contribution in [0.4, 0.5) is 0 Å². The average Bonchev–Trinajstić information content (AvgIpc) is 2.49. The molecule has 4 nitrogen and oxygen atoms in total. The predicted octanol–water partition coefficient (Wildman–Crippen LogP) is 4.25. The highest BCUT2D eigenvalue weighted by molar-refractivity contribution is 7.54. The molecule has 0 bridgehead atoms. The van der Waals surface area contributed by atoms with Crippen molar-refractivity contribution in [2.24, 2.45) is 4.99 Å². The number of aliphatic imine (C=N–C) groups is 1. The van der Waals surface area contributed by atoms with Crippen LogP contribution in [0.3, 0.4) is 0 Å². The minimum Gasteiger partial charge on any atom is -0.307 e. The van der Waals surface area contributed by atoms with Gasteiger partial charge in [0.15, 0.2) is 5.78 Å². The molecule has 0 saturated heterocycles. The minimum atomic E-state index is -3.14. The summed E-state index contributed by atoms with van der Waals surface area (Å²) in [7, 11) is -3.14. The van der Waals surface area contributed by atoms with Crippen LogP contribution in [0.15, 0.2) is 35.3 Å². The third kappa shape index (κ3) is 3.57. The molecule has 0 N–H and O–H groups in total. The first-order chi connectivity index (χ1) is 9.69. The topological polar surface area (TPSA) is 47.9 Å². The summed E-state index contributed by atoms with van der Waals surface area (Å²) in [5, 5.41) is 0. The van der Waals surface area contributed by atoms with E-state index in [4.69, 9.17) is 9.05 Å². The van der Waals surface area contributed by atoms with Gasteiger partial charge in [-0.05, 0) is 38.7 Å². The molecule has 1 aromatic rings. The zero-order chi connectivity index (χ0) is 14.4. The van der Waals surface area contributed by atoms with Crippen LogP contribution >= 0.6 is 7.60 Å². The highest BCUT2D eigenvalue weighted by Crippen LogP contribution is 2.56. The van der Waals surface area contributed by atoms with Crippen molar-refractivity contribution < 1.29 is 13.6 Å². The Balaban J connectivity index is 2.26. The Hall–Kier alpha value is -0.960. The largest absolute Gasteiger partial charge is 0.354 e. The smallest absolute Gasteiger partial charge is 0.307 e. The Bertz CT molecular complexity index is 491. The number of benzene rings is 1. The molecule has 1 aliphatic heterocycles. The second-order valence-electron chi connectivity index (χ2n) is 4.69. The van der Waals surface area contributed by atoms with Gasteiger partial charge in [-0.1, -0.05) is 30.3 Å². The van der Waals surface area contributed by atoms with Crippen LogP contribution in [0.1, 0.15) is 38.7 Å². The highest BCUT2D eigenvalue weighted by Gasteiger charge is 2.37. The van der Waals surface area contributed by atoms with Crippen LogP contribution in [0.2, 0.25) is 0 Å². The van der Waals surface area contributed by atoms with Crippen molar-refractivity contribution in [1.82, 2.24) is 0 Å². The van der Waals surface area contributed by atoms with E-state index in [0.717, 1.165) is 30.5 Å². The maximum atomic E-state index is 12.8. The van der Waals surface area contributed by atoms with Gasteiger partial charge >= 0.3 is 7.60 Å². The van der Waals surface area contributed by atoms with Gasteiger partial charge in [0.2, 0.25) is 0 Å². The Labute approximate surface area is 120 Å². The van der Waals surface area contributed by atoms with E-state index in [1.54, 1.807) is 0 Å². The van der Waals surface area contributed by atoms with Crippen molar-refractivity contribution in [3.63, 3.8) is 0 Å². The van der Waals surface area contributed by atoms with Gasteiger partial charge in [-0.3, -0.25) is 9.56 Å². The van der Waals surface area contributed by atoms with Crippen LogP contribution < -0.4 is 0 Å². The zero-order valence-electron chi connectivity index (χ0n) is 12.1. The second kappa shape index (κ2) is 7.16. The first-order valence-corrected chi connectivity index (χ1v) is 8.81. The highest BCUT2D eigenvalue weighted by atomic mass is 31.2. The van der Waals surface area contributed by atoms with Gasteiger partial charge < -0.3 is 9.05 Å². The van der Waals surface area contributed by atoms with E-state index < -0.39 is 7.60 Å². The van der Waals surface area contributed by atoms with Gasteiger partial charge in [-0.25, -0.2) is 0 Å². The molecular weight excluding hydrogens is 273 g/mol. The van der Waals surface area contributed by atoms with Crippen molar-refractivity contribution >= 4 is 13.3 Å². The summed E-state index contributed by atoms with van der Waals surface area (Å²) in [5.74, 6) is -0.369. The SMILES string of the molecule is CCOP(=O)(OCC)[C@@H]1CCCC(c2ccccc2)=N1. The van der Waals surface area contributed by atoms with Crippen molar-refractivity contribution in [3.8, 4) is 0 Å². The zero-order valence-corrected chi connectivity index (χ0v) is 13.0. The lowest BCUT2D eigenvalue weighted by molar-refractivity contribution is 0.210.